The van der Waals surface area contributed by atoms with Gasteiger partial charge in [-0.15, -0.1) is 0 Å². The highest BCUT2D eigenvalue weighted by atomic mass is 16.5. The number of amides is 1. The van der Waals surface area contributed by atoms with Gasteiger partial charge in [0.05, 0.1) is 36.4 Å². The van der Waals surface area contributed by atoms with Crippen LogP contribution in [0, 0.1) is 53.3 Å². The molecular formula is C32H52N2O9. The number of carbonyl (C=O) groups excluding carboxylic acids is 1. The zero-order chi connectivity index (χ0) is 31.0. The zero-order valence-corrected chi connectivity index (χ0v) is 25.4. The van der Waals surface area contributed by atoms with E-state index in [1.165, 1.54) is 12.8 Å². The van der Waals surface area contributed by atoms with Crippen LogP contribution in [-0.2, 0) is 9.53 Å². The number of fused-ring (bicyclic) bond motifs is 3. The molecule has 0 radical (unpaired) electrons. The molecule has 0 bridgehead atoms. The van der Waals surface area contributed by atoms with E-state index in [0.717, 1.165) is 45.3 Å². The van der Waals surface area contributed by atoms with E-state index in [-0.39, 0.29) is 41.8 Å². The lowest BCUT2D eigenvalue weighted by Gasteiger charge is -2.61. The third-order valence-corrected chi connectivity index (χ3v) is 12.9. The molecule has 244 valence electrons. The Morgan fingerprint density at radius 1 is 0.977 bits per heavy atom. The molecule has 0 aromatic rings. The summed E-state index contributed by atoms with van der Waals surface area (Å²) in [5.74, 6) is -5.50. The minimum Gasteiger partial charge on any atom is -0.509 e. The zero-order valence-electron chi connectivity index (χ0n) is 25.4. The van der Waals surface area contributed by atoms with Crippen LogP contribution in [-0.4, -0.2) is 116 Å². The highest BCUT2D eigenvalue weighted by Gasteiger charge is 2.68. The van der Waals surface area contributed by atoms with E-state index in [1.54, 1.807) is 7.11 Å². The van der Waals surface area contributed by atoms with Crippen LogP contribution < -0.4 is 5.73 Å². The second kappa shape index (κ2) is 11.8. The fraction of sp³-hybridized carbons (Fsp3) is 0.906. The lowest BCUT2D eigenvalue weighted by molar-refractivity contribution is -0.229. The number of aliphatic hydroxyl groups is 7. The third kappa shape index (κ3) is 4.88. The number of ether oxygens (including phenoxy) is 1. The van der Waals surface area contributed by atoms with Crippen LogP contribution in [0.2, 0.25) is 0 Å². The second-order valence-corrected chi connectivity index (χ2v) is 14.8. The molecule has 1 aliphatic heterocycles. The molecule has 1 heterocycles. The summed E-state index contributed by atoms with van der Waals surface area (Å²) in [5.41, 5.74) is 2.96. The Morgan fingerprint density at radius 2 is 1.67 bits per heavy atom. The van der Waals surface area contributed by atoms with Crippen molar-refractivity contribution in [2.24, 2.45) is 59.0 Å². The first-order valence-electron chi connectivity index (χ1n) is 16.5. The van der Waals surface area contributed by atoms with E-state index in [2.05, 4.69) is 4.90 Å². The van der Waals surface area contributed by atoms with Crippen molar-refractivity contribution in [3.8, 4) is 0 Å². The largest absolute Gasteiger partial charge is 0.509 e. The molecule has 11 heteroatoms. The van der Waals surface area contributed by atoms with Crippen molar-refractivity contribution < 1.29 is 45.3 Å². The van der Waals surface area contributed by atoms with Gasteiger partial charge in [0.2, 0.25) is 5.91 Å². The predicted molar refractivity (Wildman–Crippen MR) is 155 cm³/mol. The number of aliphatic hydroxyl groups excluding tert-OH is 6. The number of hydrogen-bond acceptors (Lipinski definition) is 10. The summed E-state index contributed by atoms with van der Waals surface area (Å²) in [6.07, 6.45) is -0.368. The average molecular weight is 609 g/mol. The average Bonchev–Trinajstić information content (AvgIpc) is 3.48. The van der Waals surface area contributed by atoms with E-state index in [1.807, 2.05) is 6.92 Å². The van der Waals surface area contributed by atoms with Gasteiger partial charge in [0, 0.05) is 37.0 Å². The lowest BCUT2D eigenvalue weighted by Crippen LogP contribution is -2.70. The van der Waals surface area contributed by atoms with E-state index < -0.39 is 71.5 Å². The molecule has 0 spiro atoms. The molecule has 11 unspecified atom stereocenters. The smallest absolute Gasteiger partial charge is 0.225 e. The van der Waals surface area contributed by atoms with Crippen LogP contribution in [0.1, 0.15) is 58.3 Å². The molecule has 0 aromatic carbocycles. The van der Waals surface area contributed by atoms with Crippen molar-refractivity contribution in [3.63, 3.8) is 0 Å². The Hall–Kier alpha value is -1.31. The number of hydrogen-bond donors (Lipinski definition) is 8. The Labute approximate surface area is 253 Å². The van der Waals surface area contributed by atoms with Crippen molar-refractivity contribution in [2.45, 2.75) is 101 Å². The van der Waals surface area contributed by atoms with Crippen molar-refractivity contribution >= 4 is 5.91 Å². The summed E-state index contributed by atoms with van der Waals surface area (Å²) in [6, 6.07) is 0. The van der Waals surface area contributed by atoms with Crippen molar-refractivity contribution in [1.82, 2.24) is 4.90 Å². The highest BCUT2D eigenvalue weighted by molar-refractivity contribution is 5.78. The van der Waals surface area contributed by atoms with Gasteiger partial charge in [-0.25, -0.2) is 0 Å². The maximum atomic E-state index is 12.1. The molecule has 1 amide bonds. The number of carbonyl (C=O) groups is 1. The van der Waals surface area contributed by atoms with Gasteiger partial charge >= 0.3 is 0 Å². The van der Waals surface area contributed by atoms with Gasteiger partial charge in [-0.05, 0) is 94.0 Å². The summed E-state index contributed by atoms with van der Waals surface area (Å²) in [6.45, 7) is 5.35. The standard InChI is InChI=1S/C32H52N2O9/c1-14-22-16(17-11-15(5-8-21(17)43-2)13-34-9-3-4-10-34)6-7-19(35)24(22)28(38)26-23(14)27(37)18-12-20(36)25(31(33)41)29(39)32(18,42)30(26)40/h14-25,27-29,35-40,42H,3-13H2,1-2H3,(H2,33,41)/t14-,15?,16?,17?,18+,19?,20?,21?,22?,23+,24?,25?,27+,28?,29?,32+/m0/s1. The summed E-state index contributed by atoms with van der Waals surface area (Å²) in [7, 11) is 1.76. The third-order valence-electron chi connectivity index (χ3n) is 12.9. The van der Waals surface area contributed by atoms with Crippen molar-refractivity contribution in [1.29, 1.82) is 0 Å². The van der Waals surface area contributed by atoms with E-state index in [0.29, 0.717) is 12.3 Å². The maximum Gasteiger partial charge on any atom is 0.225 e. The van der Waals surface area contributed by atoms with E-state index in [9.17, 15) is 40.5 Å². The van der Waals surface area contributed by atoms with Crippen molar-refractivity contribution in [2.75, 3.05) is 26.7 Å². The highest BCUT2D eigenvalue weighted by Crippen LogP contribution is 2.61. The fourth-order valence-electron chi connectivity index (χ4n) is 11.0. The van der Waals surface area contributed by atoms with Gasteiger partial charge in [0.1, 0.15) is 11.9 Å². The Bertz CT molecular complexity index is 1080. The van der Waals surface area contributed by atoms with E-state index >= 15 is 0 Å². The first kappa shape index (κ1) is 31.7. The normalized spacial score (nSPS) is 52.3. The number of likely N-dealkylation sites (tertiary alicyclic amines) is 1. The van der Waals surface area contributed by atoms with Gasteiger partial charge in [-0.2, -0.15) is 0 Å². The molecule has 11 nitrogen and oxygen atoms in total. The molecule has 6 aliphatic rings. The number of rotatable bonds is 5. The lowest BCUT2D eigenvalue weighted by atomic mass is 9.47. The molecule has 4 saturated carbocycles. The number of nitrogens with zero attached hydrogens (tertiary/aromatic N) is 1. The molecule has 6 rings (SSSR count). The molecule has 5 aliphatic carbocycles. The van der Waals surface area contributed by atoms with Gasteiger partial charge < -0.3 is 51.1 Å². The van der Waals surface area contributed by atoms with Gasteiger partial charge in [-0.3, -0.25) is 4.79 Å². The summed E-state index contributed by atoms with van der Waals surface area (Å²) >= 11 is 0. The molecular weight excluding hydrogens is 556 g/mol. The molecule has 16 atom stereocenters. The first-order valence-corrected chi connectivity index (χ1v) is 16.5. The fourth-order valence-corrected chi connectivity index (χ4v) is 11.0. The van der Waals surface area contributed by atoms with Crippen LogP contribution in [0.3, 0.4) is 0 Å². The molecule has 1 saturated heterocycles. The minimum atomic E-state index is -2.48. The number of primary amides is 1. The predicted octanol–water partition coefficient (Wildman–Crippen LogP) is -0.0955. The van der Waals surface area contributed by atoms with Crippen LogP contribution in [0.15, 0.2) is 11.3 Å². The topological polar surface area (TPSA) is 197 Å². The summed E-state index contributed by atoms with van der Waals surface area (Å²) in [4.78, 5) is 14.7. The van der Waals surface area contributed by atoms with Crippen LogP contribution in [0.5, 0.6) is 0 Å². The molecule has 0 aromatic heterocycles. The minimum absolute atomic E-state index is 0.0113. The summed E-state index contributed by atoms with van der Waals surface area (Å²) in [5, 5.41) is 80.3. The summed E-state index contributed by atoms with van der Waals surface area (Å²) < 4.78 is 6.06. The van der Waals surface area contributed by atoms with Gasteiger partial charge in [-0.1, -0.05) is 6.92 Å². The molecule has 5 fully saturated rings. The Balaban J connectivity index is 1.36. The number of methoxy groups -OCH3 is 1. The van der Waals surface area contributed by atoms with Gasteiger partial charge in [0.25, 0.3) is 0 Å². The van der Waals surface area contributed by atoms with E-state index in [4.69, 9.17) is 10.5 Å². The molecule has 43 heavy (non-hydrogen) atoms. The Kier molecular flexibility index (Phi) is 8.69. The second-order valence-electron chi connectivity index (χ2n) is 14.8. The van der Waals surface area contributed by atoms with Crippen LogP contribution >= 0.6 is 0 Å². The van der Waals surface area contributed by atoms with Gasteiger partial charge in [0.15, 0.2) is 5.60 Å². The SMILES string of the molecule is COC1CCC(CN2CCCC2)CC1C1CCC(O)C2C(O)C3=C(O)[C@]4(O)C(O)C(C(N)=O)C(O)C[C@@H]4[C@@H](O)[C@@H]3[C@@H](C)C12. The van der Waals surface area contributed by atoms with Crippen molar-refractivity contribution in [3.05, 3.63) is 11.3 Å². The number of nitrogens with two attached hydrogens (primary N) is 1. The monoisotopic (exact) mass is 608 g/mol. The van der Waals surface area contributed by atoms with Crippen LogP contribution in [0.25, 0.3) is 0 Å². The molecule has 9 N–H and O–H groups in total. The quantitative estimate of drug-likeness (QED) is 0.209. The maximum absolute atomic E-state index is 12.1. The Morgan fingerprint density at radius 3 is 2.33 bits per heavy atom. The van der Waals surface area contributed by atoms with Crippen LogP contribution in [0.4, 0.5) is 0 Å². The first-order chi connectivity index (χ1) is 20.4.